The third kappa shape index (κ3) is 1.81. The first-order valence-electron chi connectivity index (χ1n) is 6.71. The number of rotatable bonds is 1. The Morgan fingerprint density at radius 2 is 1.95 bits per heavy atom. The average molecular weight is 295 g/mol. The van der Waals surface area contributed by atoms with Crippen molar-refractivity contribution in [1.29, 1.82) is 0 Å². The molecule has 0 fully saturated rings. The van der Waals surface area contributed by atoms with Crippen LogP contribution in [0.2, 0.25) is 0 Å². The number of carbonyl (C=O) groups is 1. The molecule has 21 heavy (non-hydrogen) atoms. The van der Waals surface area contributed by atoms with E-state index < -0.39 is 0 Å². The van der Waals surface area contributed by atoms with Crippen LogP contribution in [0.25, 0.3) is 10.2 Å². The smallest absolute Gasteiger partial charge is 0.272 e. The Balaban J connectivity index is 1.88. The van der Waals surface area contributed by atoms with E-state index in [9.17, 15) is 4.79 Å². The lowest BCUT2D eigenvalue weighted by atomic mass is 10.2. The van der Waals surface area contributed by atoms with Crippen LogP contribution in [0.5, 0.6) is 0 Å². The van der Waals surface area contributed by atoms with Crippen LogP contribution in [0.1, 0.15) is 9.67 Å². The van der Waals surface area contributed by atoms with Crippen molar-refractivity contribution < 1.29 is 4.79 Å². The number of hydrogen-bond donors (Lipinski definition) is 0. The van der Waals surface area contributed by atoms with Gasteiger partial charge in [-0.1, -0.05) is 18.2 Å². The topological polar surface area (TPSA) is 36.4 Å². The first-order chi connectivity index (χ1) is 10.3. The van der Waals surface area contributed by atoms with Crippen molar-refractivity contribution >= 4 is 38.8 Å². The fourth-order valence-corrected chi connectivity index (χ4v) is 3.86. The molecule has 2 aromatic heterocycles. The van der Waals surface area contributed by atoms with Crippen LogP contribution < -0.4 is 9.80 Å². The first-order valence-corrected chi connectivity index (χ1v) is 7.53. The Hall–Kier alpha value is -2.40. The third-order valence-corrected chi connectivity index (χ3v) is 4.77. The largest absolute Gasteiger partial charge is 0.355 e. The van der Waals surface area contributed by atoms with Crippen molar-refractivity contribution in [1.82, 2.24) is 4.98 Å². The SMILES string of the molecule is CN1CN(c2ccccc2)C(=O)c2sc3ncccc3c21. The number of carbonyl (C=O) groups excluding carboxylic acids is 1. The standard InChI is InChI=1S/C16H13N3OS/c1-18-10-19(11-6-3-2-4-7-11)16(20)14-13(18)12-8-5-9-17-15(12)21-14/h2-9H,10H2,1H3. The van der Waals surface area contributed by atoms with Gasteiger partial charge < -0.3 is 4.90 Å². The van der Waals surface area contributed by atoms with Crippen LogP contribution in [0.4, 0.5) is 11.4 Å². The minimum atomic E-state index is 0.0531. The number of benzene rings is 1. The second-order valence-electron chi connectivity index (χ2n) is 5.04. The van der Waals surface area contributed by atoms with E-state index in [1.165, 1.54) is 11.3 Å². The van der Waals surface area contributed by atoms with Gasteiger partial charge in [0.2, 0.25) is 0 Å². The van der Waals surface area contributed by atoms with Gasteiger partial charge in [-0.15, -0.1) is 11.3 Å². The molecule has 4 rings (SSSR count). The zero-order valence-electron chi connectivity index (χ0n) is 11.5. The Morgan fingerprint density at radius 3 is 2.76 bits per heavy atom. The first kappa shape index (κ1) is 12.3. The van der Waals surface area contributed by atoms with Gasteiger partial charge in [-0.05, 0) is 24.3 Å². The molecule has 104 valence electrons. The molecule has 5 heteroatoms. The van der Waals surface area contributed by atoms with Crippen molar-refractivity contribution in [3.63, 3.8) is 0 Å². The maximum absolute atomic E-state index is 12.8. The molecular formula is C16H13N3OS. The number of anilines is 2. The summed E-state index contributed by atoms with van der Waals surface area (Å²) in [5, 5.41) is 1.06. The average Bonchev–Trinajstić information content (AvgIpc) is 2.92. The number of hydrogen-bond acceptors (Lipinski definition) is 4. The molecule has 1 aliphatic heterocycles. The molecule has 4 nitrogen and oxygen atoms in total. The van der Waals surface area contributed by atoms with Crippen LogP contribution in [-0.4, -0.2) is 24.6 Å². The van der Waals surface area contributed by atoms with Crippen LogP contribution in [0, 0.1) is 0 Å². The van der Waals surface area contributed by atoms with Crippen LogP contribution in [-0.2, 0) is 0 Å². The quantitative estimate of drug-likeness (QED) is 0.691. The van der Waals surface area contributed by atoms with E-state index in [0.717, 1.165) is 26.5 Å². The number of aromatic nitrogens is 1. The molecule has 0 saturated heterocycles. The summed E-state index contributed by atoms with van der Waals surface area (Å²) in [5.41, 5.74) is 1.92. The number of fused-ring (bicyclic) bond motifs is 3. The number of para-hydroxylation sites is 1. The van der Waals surface area contributed by atoms with Gasteiger partial charge in [0.15, 0.2) is 0 Å². The van der Waals surface area contributed by atoms with Gasteiger partial charge in [-0.2, -0.15) is 0 Å². The highest BCUT2D eigenvalue weighted by atomic mass is 32.1. The zero-order chi connectivity index (χ0) is 14.4. The predicted molar refractivity (Wildman–Crippen MR) is 86.1 cm³/mol. The minimum Gasteiger partial charge on any atom is -0.355 e. The molecule has 0 aliphatic carbocycles. The summed E-state index contributed by atoms with van der Waals surface area (Å²) in [4.78, 5) is 22.8. The summed E-state index contributed by atoms with van der Waals surface area (Å²) >= 11 is 1.47. The lowest BCUT2D eigenvalue weighted by molar-refractivity contribution is 0.0987. The van der Waals surface area contributed by atoms with Gasteiger partial charge >= 0.3 is 0 Å². The van der Waals surface area contributed by atoms with Crippen LogP contribution >= 0.6 is 11.3 Å². The van der Waals surface area contributed by atoms with E-state index in [1.54, 1.807) is 11.1 Å². The second kappa shape index (κ2) is 4.56. The Labute approximate surface area is 126 Å². The molecule has 0 radical (unpaired) electrons. The molecular weight excluding hydrogens is 282 g/mol. The van der Waals surface area contributed by atoms with Crippen molar-refractivity contribution in [2.75, 3.05) is 23.5 Å². The summed E-state index contributed by atoms with van der Waals surface area (Å²) in [6.45, 7) is 0.552. The van der Waals surface area contributed by atoms with E-state index in [0.29, 0.717) is 6.67 Å². The predicted octanol–water partition coefficient (Wildman–Crippen LogP) is 3.35. The number of nitrogens with zero attached hydrogens (tertiary/aromatic N) is 3. The monoisotopic (exact) mass is 295 g/mol. The molecule has 3 aromatic rings. The van der Waals surface area contributed by atoms with Crippen LogP contribution in [0.3, 0.4) is 0 Å². The molecule has 0 bridgehead atoms. The summed E-state index contributed by atoms with van der Waals surface area (Å²) in [6, 6.07) is 13.7. The molecule has 0 spiro atoms. The normalized spacial score (nSPS) is 14.6. The zero-order valence-corrected chi connectivity index (χ0v) is 12.3. The van der Waals surface area contributed by atoms with E-state index in [2.05, 4.69) is 9.88 Å². The Morgan fingerprint density at radius 1 is 1.14 bits per heavy atom. The fraction of sp³-hybridized carbons (Fsp3) is 0.125. The van der Waals surface area contributed by atoms with Crippen molar-refractivity contribution in [3.05, 3.63) is 53.5 Å². The minimum absolute atomic E-state index is 0.0531. The van der Waals surface area contributed by atoms with Gasteiger partial charge in [0.25, 0.3) is 5.91 Å². The van der Waals surface area contributed by atoms with Crippen molar-refractivity contribution in [2.24, 2.45) is 0 Å². The maximum atomic E-state index is 12.8. The van der Waals surface area contributed by atoms with Gasteiger partial charge in [0, 0.05) is 24.3 Å². The third-order valence-electron chi connectivity index (χ3n) is 3.68. The number of pyridine rings is 1. The summed E-state index contributed by atoms with van der Waals surface area (Å²) in [5.74, 6) is 0.0531. The van der Waals surface area contributed by atoms with Gasteiger partial charge in [-0.25, -0.2) is 4.98 Å². The van der Waals surface area contributed by atoms with E-state index in [1.807, 2.05) is 49.5 Å². The number of thiophene rings is 1. The molecule has 1 aliphatic rings. The molecule has 0 saturated carbocycles. The van der Waals surface area contributed by atoms with E-state index >= 15 is 0 Å². The molecule has 0 N–H and O–H groups in total. The van der Waals surface area contributed by atoms with Gasteiger partial charge in [0.05, 0.1) is 12.4 Å². The maximum Gasteiger partial charge on any atom is 0.272 e. The highest BCUT2D eigenvalue weighted by molar-refractivity contribution is 7.21. The highest BCUT2D eigenvalue weighted by Gasteiger charge is 2.32. The lowest BCUT2D eigenvalue weighted by Crippen LogP contribution is -2.44. The second-order valence-corrected chi connectivity index (χ2v) is 6.04. The van der Waals surface area contributed by atoms with Crippen molar-refractivity contribution in [2.45, 2.75) is 0 Å². The Kier molecular flexibility index (Phi) is 2.68. The summed E-state index contributed by atoms with van der Waals surface area (Å²) in [7, 11) is 2.01. The van der Waals surface area contributed by atoms with E-state index in [-0.39, 0.29) is 5.91 Å². The summed E-state index contributed by atoms with van der Waals surface area (Å²) in [6.07, 6.45) is 1.77. The van der Waals surface area contributed by atoms with E-state index in [4.69, 9.17) is 0 Å². The summed E-state index contributed by atoms with van der Waals surface area (Å²) < 4.78 is 0. The van der Waals surface area contributed by atoms with Gasteiger partial charge in [0.1, 0.15) is 9.71 Å². The van der Waals surface area contributed by atoms with Crippen LogP contribution in [0.15, 0.2) is 48.7 Å². The van der Waals surface area contributed by atoms with Crippen molar-refractivity contribution in [3.8, 4) is 0 Å². The van der Waals surface area contributed by atoms with Gasteiger partial charge in [-0.3, -0.25) is 9.69 Å². The molecule has 0 atom stereocenters. The lowest BCUT2D eigenvalue weighted by Gasteiger charge is -2.34. The molecule has 3 heterocycles. The molecule has 0 unspecified atom stereocenters. The Bertz CT molecular complexity index is 828. The molecule has 1 aromatic carbocycles. The number of amides is 1. The highest BCUT2D eigenvalue weighted by Crippen LogP contribution is 2.40. The molecule has 1 amide bonds. The fourth-order valence-electron chi connectivity index (χ4n) is 2.72.